The number of imide groups is 1. The molecule has 1 spiro atoms. The first-order valence-corrected chi connectivity index (χ1v) is 6.61. The summed E-state index contributed by atoms with van der Waals surface area (Å²) in [7, 11) is 0. The quantitative estimate of drug-likeness (QED) is 0.742. The fraction of sp³-hybridized carbons (Fsp3) is 0.357. The Morgan fingerprint density at radius 3 is 2.81 bits per heavy atom. The average Bonchev–Trinajstić information content (AvgIpc) is 2.97. The molecule has 0 aliphatic carbocycles. The molecule has 4 amide bonds. The van der Waals surface area contributed by atoms with E-state index in [0.717, 1.165) is 0 Å². The van der Waals surface area contributed by atoms with Crippen LogP contribution in [0.3, 0.4) is 0 Å². The minimum Gasteiger partial charge on any atom is -0.336 e. The number of hydrogen-bond acceptors (Lipinski definition) is 3. The highest BCUT2D eigenvalue weighted by molar-refractivity contribution is 6.08. The van der Waals surface area contributed by atoms with Gasteiger partial charge in [-0.2, -0.15) is 0 Å². The van der Waals surface area contributed by atoms with Crippen molar-refractivity contribution in [1.82, 2.24) is 15.5 Å². The Labute approximate surface area is 120 Å². The van der Waals surface area contributed by atoms with Gasteiger partial charge in [-0.05, 0) is 25.0 Å². The zero-order valence-corrected chi connectivity index (χ0v) is 11.4. The minimum atomic E-state index is -1.08. The lowest BCUT2D eigenvalue weighted by Gasteiger charge is -2.21. The number of urea groups is 1. The molecule has 2 fully saturated rings. The van der Waals surface area contributed by atoms with Crippen molar-refractivity contribution in [2.24, 2.45) is 0 Å². The van der Waals surface area contributed by atoms with Gasteiger partial charge in [0.05, 0.1) is 12.1 Å². The van der Waals surface area contributed by atoms with Crippen LogP contribution in [-0.4, -0.2) is 41.4 Å². The SMILES string of the molecule is Cc1cccc(C(=O)N2CCC3(C2)NC(=O)NC3=O)c1F. The molecule has 0 bridgehead atoms. The van der Waals surface area contributed by atoms with Gasteiger partial charge in [-0.1, -0.05) is 12.1 Å². The largest absolute Gasteiger partial charge is 0.336 e. The summed E-state index contributed by atoms with van der Waals surface area (Å²) in [6.07, 6.45) is 0.323. The van der Waals surface area contributed by atoms with Crippen molar-refractivity contribution >= 4 is 17.8 Å². The summed E-state index contributed by atoms with van der Waals surface area (Å²) in [5, 5.41) is 4.72. The fourth-order valence-electron chi connectivity index (χ4n) is 2.78. The third-order valence-electron chi connectivity index (χ3n) is 3.99. The summed E-state index contributed by atoms with van der Waals surface area (Å²) in [5.41, 5.74) is -0.703. The Hall–Kier alpha value is -2.44. The lowest BCUT2D eigenvalue weighted by molar-refractivity contribution is -0.123. The number of halogens is 1. The second-order valence-electron chi connectivity index (χ2n) is 5.40. The van der Waals surface area contributed by atoms with Crippen LogP contribution in [0.15, 0.2) is 18.2 Å². The molecule has 2 saturated heterocycles. The maximum Gasteiger partial charge on any atom is 0.322 e. The Morgan fingerprint density at radius 1 is 1.38 bits per heavy atom. The summed E-state index contributed by atoms with van der Waals surface area (Å²) >= 11 is 0. The number of aryl methyl sites for hydroxylation is 1. The second kappa shape index (κ2) is 4.54. The van der Waals surface area contributed by atoms with Crippen molar-refractivity contribution < 1.29 is 18.8 Å². The van der Waals surface area contributed by atoms with E-state index in [4.69, 9.17) is 0 Å². The van der Waals surface area contributed by atoms with Crippen LogP contribution >= 0.6 is 0 Å². The Morgan fingerprint density at radius 2 is 2.14 bits per heavy atom. The van der Waals surface area contributed by atoms with E-state index in [1.807, 2.05) is 0 Å². The number of carbonyl (C=O) groups excluding carboxylic acids is 3. The molecule has 1 unspecified atom stereocenters. The summed E-state index contributed by atoms with van der Waals surface area (Å²) in [6, 6.07) is 4.06. The zero-order chi connectivity index (χ0) is 15.2. The van der Waals surface area contributed by atoms with Crippen molar-refractivity contribution in [2.75, 3.05) is 13.1 Å². The van der Waals surface area contributed by atoms with Gasteiger partial charge in [0, 0.05) is 6.54 Å². The lowest BCUT2D eigenvalue weighted by atomic mass is 9.99. The van der Waals surface area contributed by atoms with Gasteiger partial charge in [0.2, 0.25) is 0 Å². The topological polar surface area (TPSA) is 78.5 Å². The van der Waals surface area contributed by atoms with E-state index in [9.17, 15) is 18.8 Å². The number of hydrogen-bond donors (Lipinski definition) is 2. The van der Waals surface area contributed by atoms with Crippen LogP contribution in [0.5, 0.6) is 0 Å². The molecule has 0 saturated carbocycles. The van der Waals surface area contributed by atoms with Crippen LogP contribution in [0.4, 0.5) is 9.18 Å². The summed E-state index contributed by atoms with van der Waals surface area (Å²) < 4.78 is 14.0. The monoisotopic (exact) mass is 291 g/mol. The average molecular weight is 291 g/mol. The molecule has 110 valence electrons. The van der Waals surface area contributed by atoms with E-state index in [1.54, 1.807) is 19.1 Å². The lowest BCUT2D eigenvalue weighted by Crippen LogP contribution is -2.49. The molecule has 2 aliphatic heterocycles. The second-order valence-corrected chi connectivity index (χ2v) is 5.40. The first-order chi connectivity index (χ1) is 9.93. The van der Waals surface area contributed by atoms with Crippen LogP contribution in [0.1, 0.15) is 22.3 Å². The highest BCUT2D eigenvalue weighted by Crippen LogP contribution is 2.26. The number of carbonyl (C=O) groups is 3. The van der Waals surface area contributed by atoms with Crippen molar-refractivity contribution in [3.8, 4) is 0 Å². The minimum absolute atomic E-state index is 0.0169. The Bertz CT molecular complexity index is 661. The van der Waals surface area contributed by atoms with E-state index >= 15 is 0 Å². The maximum atomic E-state index is 14.0. The van der Waals surface area contributed by atoms with E-state index in [1.165, 1.54) is 11.0 Å². The van der Waals surface area contributed by atoms with Crippen LogP contribution in [0.25, 0.3) is 0 Å². The van der Waals surface area contributed by atoms with Gasteiger partial charge in [0.25, 0.3) is 11.8 Å². The summed E-state index contributed by atoms with van der Waals surface area (Å²) in [6.45, 7) is 1.93. The normalized spacial score (nSPS) is 24.4. The first kappa shape index (κ1) is 13.5. The molecule has 2 N–H and O–H groups in total. The highest BCUT2D eigenvalue weighted by atomic mass is 19.1. The van der Waals surface area contributed by atoms with Gasteiger partial charge >= 0.3 is 6.03 Å². The van der Waals surface area contributed by atoms with Gasteiger partial charge < -0.3 is 10.2 Å². The van der Waals surface area contributed by atoms with Crippen molar-refractivity contribution in [1.29, 1.82) is 0 Å². The zero-order valence-electron chi connectivity index (χ0n) is 11.4. The molecule has 21 heavy (non-hydrogen) atoms. The number of nitrogens with one attached hydrogen (secondary N) is 2. The Kier molecular flexibility index (Phi) is 2.93. The van der Waals surface area contributed by atoms with E-state index in [-0.39, 0.29) is 12.1 Å². The highest BCUT2D eigenvalue weighted by Gasteiger charge is 2.51. The van der Waals surface area contributed by atoms with Crippen LogP contribution in [0, 0.1) is 12.7 Å². The molecule has 7 heteroatoms. The van der Waals surface area contributed by atoms with Gasteiger partial charge in [0.1, 0.15) is 11.4 Å². The van der Waals surface area contributed by atoms with Gasteiger partial charge in [-0.15, -0.1) is 0 Å². The number of amides is 4. The molecular weight excluding hydrogens is 277 g/mol. The van der Waals surface area contributed by atoms with Gasteiger partial charge in [-0.25, -0.2) is 9.18 Å². The van der Waals surface area contributed by atoms with Crippen LogP contribution in [-0.2, 0) is 4.79 Å². The standard InChI is InChI=1S/C14H14FN3O3/c1-8-3-2-4-9(10(8)15)11(19)18-6-5-14(7-18)12(20)16-13(21)17-14/h2-4H,5-7H2,1H3,(H2,16,17,20,21). The van der Waals surface area contributed by atoms with Crippen LogP contribution < -0.4 is 10.6 Å². The Balaban J connectivity index is 1.83. The smallest absolute Gasteiger partial charge is 0.322 e. The fourth-order valence-corrected chi connectivity index (χ4v) is 2.78. The number of benzene rings is 1. The van der Waals surface area contributed by atoms with Crippen molar-refractivity contribution in [3.63, 3.8) is 0 Å². The van der Waals surface area contributed by atoms with Gasteiger partial charge in [0.15, 0.2) is 0 Å². The third kappa shape index (κ3) is 2.05. The molecular formula is C14H14FN3O3. The van der Waals surface area contributed by atoms with Crippen LogP contribution in [0.2, 0.25) is 0 Å². The third-order valence-corrected chi connectivity index (χ3v) is 3.99. The molecule has 0 aromatic heterocycles. The van der Waals surface area contributed by atoms with Crippen molar-refractivity contribution in [2.45, 2.75) is 18.9 Å². The maximum absolute atomic E-state index is 14.0. The molecule has 3 rings (SSSR count). The predicted molar refractivity (Wildman–Crippen MR) is 71.1 cm³/mol. The van der Waals surface area contributed by atoms with E-state index < -0.39 is 29.2 Å². The van der Waals surface area contributed by atoms with E-state index in [2.05, 4.69) is 10.6 Å². The van der Waals surface area contributed by atoms with Gasteiger partial charge in [-0.3, -0.25) is 14.9 Å². The summed E-state index contributed by atoms with van der Waals surface area (Å²) in [5.74, 6) is -1.46. The molecule has 1 aromatic rings. The molecule has 1 atom stereocenters. The number of nitrogens with zero attached hydrogens (tertiary/aromatic N) is 1. The number of likely N-dealkylation sites (tertiary alicyclic amines) is 1. The molecule has 2 heterocycles. The molecule has 1 aromatic carbocycles. The molecule has 0 radical (unpaired) electrons. The summed E-state index contributed by atoms with van der Waals surface area (Å²) in [4.78, 5) is 36.9. The first-order valence-electron chi connectivity index (χ1n) is 6.61. The predicted octanol–water partition coefficient (Wildman–Crippen LogP) is 0.558. The number of rotatable bonds is 1. The molecule has 6 nitrogen and oxygen atoms in total. The van der Waals surface area contributed by atoms with E-state index in [0.29, 0.717) is 18.5 Å². The van der Waals surface area contributed by atoms with Crippen molar-refractivity contribution in [3.05, 3.63) is 35.1 Å². The molecule has 2 aliphatic rings.